The number of allylic oxidation sites excluding steroid dienone is 12. The minimum absolute atomic E-state index is 0.133. The van der Waals surface area contributed by atoms with Crippen LogP contribution in [0.25, 0.3) is 0 Å². The third-order valence-electron chi connectivity index (χ3n) is 11.2. The number of unbranched alkanes of at least 4 members (excludes halogenated alkanes) is 21. The molecule has 0 aromatic heterocycles. The minimum atomic E-state index is -1.53. The van der Waals surface area contributed by atoms with Crippen LogP contribution < -0.4 is 0 Å². The van der Waals surface area contributed by atoms with E-state index in [1.165, 1.54) is 122 Å². The predicted molar refractivity (Wildman–Crippen MR) is 276 cm³/mol. The Morgan fingerprint density at radius 3 is 1.26 bits per heavy atom. The quantitative estimate of drug-likeness (QED) is 0.0211. The largest absolute Gasteiger partial charge is 0.477 e. The molecule has 0 spiro atoms. The average molecular weight is 927 g/mol. The maximum Gasteiger partial charge on any atom is 0.361 e. The molecule has 0 aliphatic rings. The second-order valence-corrected chi connectivity index (χ2v) is 18.8. The van der Waals surface area contributed by atoms with E-state index >= 15 is 0 Å². The van der Waals surface area contributed by atoms with Crippen LogP contribution in [0.2, 0.25) is 0 Å². The molecule has 0 rings (SSSR count). The summed E-state index contributed by atoms with van der Waals surface area (Å²) in [6.07, 6.45) is 58.5. The number of rotatable bonds is 48. The van der Waals surface area contributed by atoms with E-state index in [0.29, 0.717) is 17.4 Å². The van der Waals surface area contributed by atoms with Gasteiger partial charge < -0.3 is 28.5 Å². The van der Waals surface area contributed by atoms with Crippen molar-refractivity contribution in [3.63, 3.8) is 0 Å². The smallest absolute Gasteiger partial charge is 0.361 e. The second-order valence-electron chi connectivity index (χ2n) is 18.8. The van der Waals surface area contributed by atoms with Gasteiger partial charge in [0.15, 0.2) is 6.10 Å². The number of carboxylic acids is 1. The number of carbonyl (C=O) groups is 3. The highest BCUT2D eigenvalue weighted by atomic mass is 16.7. The molecule has 9 heteroatoms. The molecule has 1 N–H and O–H groups in total. The Morgan fingerprint density at radius 2 is 0.864 bits per heavy atom. The molecule has 0 saturated heterocycles. The van der Waals surface area contributed by atoms with Gasteiger partial charge in [0.2, 0.25) is 0 Å². The van der Waals surface area contributed by atoms with Gasteiger partial charge in [0.25, 0.3) is 6.29 Å². The Labute approximate surface area is 405 Å². The van der Waals surface area contributed by atoms with Gasteiger partial charge >= 0.3 is 17.9 Å². The average Bonchev–Trinajstić information content (AvgIpc) is 3.28. The van der Waals surface area contributed by atoms with E-state index in [4.69, 9.17) is 18.9 Å². The number of nitrogens with zero attached hydrogens (tertiary/aromatic N) is 1. The fraction of sp³-hybridized carbons (Fsp3) is 0.737. The van der Waals surface area contributed by atoms with E-state index in [-0.39, 0.29) is 38.6 Å². The molecule has 0 aliphatic carbocycles. The van der Waals surface area contributed by atoms with Gasteiger partial charge in [-0.3, -0.25) is 9.59 Å². The van der Waals surface area contributed by atoms with E-state index in [2.05, 4.69) is 74.6 Å². The molecule has 0 aromatic carbocycles. The lowest BCUT2D eigenvalue weighted by Crippen LogP contribution is -2.40. The molecule has 0 fully saturated rings. The first-order valence-electron chi connectivity index (χ1n) is 26.6. The minimum Gasteiger partial charge on any atom is -0.477 e. The Kier molecular flexibility index (Phi) is 45.8. The van der Waals surface area contributed by atoms with Gasteiger partial charge in [0.05, 0.1) is 34.4 Å². The van der Waals surface area contributed by atoms with Gasteiger partial charge in [0.1, 0.15) is 13.2 Å². The van der Waals surface area contributed by atoms with Crippen LogP contribution in [0, 0.1) is 0 Å². The number of carboxylic acid groups (broad SMARTS) is 1. The van der Waals surface area contributed by atoms with Crippen molar-refractivity contribution >= 4 is 17.9 Å². The Balaban J connectivity index is 4.39. The number of ether oxygens (including phenoxy) is 4. The summed E-state index contributed by atoms with van der Waals surface area (Å²) >= 11 is 0. The van der Waals surface area contributed by atoms with Crippen molar-refractivity contribution < 1.29 is 42.9 Å². The summed E-state index contributed by atoms with van der Waals surface area (Å²) in [5.41, 5.74) is 0. The predicted octanol–water partition coefficient (Wildman–Crippen LogP) is 15.1. The third kappa shape index (κ3) is 48.7. The van der Waals surface area contributed by atoms with Crippen molar-refractivity contribution in [1.82, 2.24) is 0 Å². The molecule has 0 bridgehead atoms. The van der Waals surface area contributed by atoms with Crippen molar-refractivity contribution in [3.8, 4) is 0 Å². The Morgan fingerprint density at radius 1 is 0.470 bits per heavy atom. The first kappa shape index (κ1) is 62.7. The van der Waals surface area contributed by atoms with Gasteiger partial charge in [0, 0.05) is 12.8 Å². The molecule has 0 saturated carbocycles. The highest BCUT2D eigenvalue weighted by Gasteiger charge is 2.25. The lowest BCUT2D eigenvalue weighted by molar-refractivity contribution is -0.870. The van der Waals surface area contributed by atoms with E-state index in [0.717, 1.165) is 57.8 Å². The molecule has 2 atom stereocenters. The first-order valence-corrected chi connectivity index (χ1v) is 26.6. The van der Waals surface area contributed by atoms with E-state index < -0.39 is 24.3 Å². The zero-order valence-electron chi connectivity index (χ0n) is 43.1. The normalized spacial score (nSPS) is 13.4. The number of esters is 2. The number of aliphatic carboxylic acids is 1. The standard InChI is InChI=1S/C57H99NO8/c1-6-8-10-12-14-16-18-20-22-24-26-27-28-30-31-33-35-37-39-41-43-45-47-54(59)64-51-53(52-65-57(56(61)62)63-50-49-58(3,4)5)66-55(60)48-46-44-42-40-38-36-34-32-29-25-23-21-19-17-15-13-11-9-7-2/h9,11,15,17,21,23,29,32,36,38,42,44,53,57H,6-8,10,12-14,16,18-20,22,24-28,30-31,33-35,37,39-41,43,45-52H2,1-5H3/p+1/b11-9-,17-15-,23-21-,32-29-,38-36-,44-42-. The van der Waals surface area contributed by atoms with E-state index in [9.17, 15) is 19.5 Å². The van der Waals surface area contributed by atoms with Crippen LogP contribution in [0.1, 0.15) is 213 Å². The van der Waals surface area contributed by atoms with Crippen molar-refractivity contribution in [2.24, 2.45) is 0 Å². The highest BCUT2D eigenvalue weighted by molar-refractivity contribution is 5.71. The van der Waals surface area contributed by atoms with Crippen LogP contribution in [0.5, 0.6) is 0 Å². The summed E-state index contributed by atoms with van der Waals surface area (Å²) in [4.78, 5) is 37.3. The van der Waals surface area contributed by atoms with Gasteiger partial charge in [-0.2, -0.15) is 0 Å². The lowest BCUT2D eigenvalue weighted by Gasteiger charge is -2.25. The summed E-state index contributed by atoms with van der Waals surface area (Å²) in [6.45, 7) is 4.69. The summed E-state index contributed by atoms with van der Waals surface area (Å²) in [6, 6.07) is 0. The first-order chi connectivity index (χ1) is 32.1. The zero-order chi connectivity index (χ0) is 48.4. The summed E-state index contributed by atoms with van der Waals surface area (Å²) < 4.78 is 22.7. The van der Waals surface area contributed by atoms with Crippen LogP contribution >= 0.6 is 0 Å². The molecular weight excluding hydrogens is 827 g/mol. The summed E-state index contributed by atoms with van der Waals surface area (Å²) in [5, 5.41) is 9.67. The molecule has 380 valence electrons. The van der Waals surface area contributed by atoms with Crippen LogP contribution in [0.4, 0.5) is 0 Å². The Bertz CT molecular complexity index is 1310. The third-order valence-corrected chi connectivity index (χ3v) is 11.2. The maximum atomic E-state index is 12.8. The molecule has 0 aromatic rings. The van der Waals surface area contributed by atoms with Crippen molar-refractivity contribution in [2.45, 2.75) is 225 Å². The monoisotopic (exact) mass is 927 g/mol. The highest BCUT2D eigenvalue weighted by Crippen LogP contribution is 2.16. The fourth-order valence-corrected chi connectivity index (χ4v) is 7.16. The van der Waals surface area contributed by atoms with Crippen molar-refractivity contribution in [2.75, 3.05) is 47.5 Å². The molecule has 66 heavy (non-hydrogen) atoms. The number of hydrogen-bond donors (Lipinski definition) is 1. The van der Waals surface area contributed by atoms with Gasteiger partial charge in [-0.15, -0.1) is 0 Å². The van der Waals surface area contributed by atoms with Gasteiger partial charge in [-0.1, -0.05) is 222 Å². The number of likely N-dealkylation sites (N-methyl/N-ethyl adjacent to an activating group) is 1. The molecule has 2 unspecified atom stereocenters. The van der Waals surface area contributed by atoms with Crippen molar-refractivity contribution in [1.29, 1.82) is 0 Å². The number of quaternary nitrogens is 1. The number of hydrogen-bond acceptors (Lipinski definition) is 7. The molecular formula is C57H100NO8+. The molecule has 0 amide bonds. The van der Waals surface area contributed by atoms with E-state index in [1.54, 1.807) is 0 Å². The van der Waals surface area contributed by atoms with Crippen LogP contribution in [-0.2, 0) is 33.3 Å². The SMILES string of the molecule is CC/C=C\C/C=C\C/C=C\C/C=C\C/C=C\C/C=C\CCC(=O)OC(COC(=O)CCCCCCCCCCCCCCCCCCCCCCCC)COC(OCC[N+](C)(C)C)C(=O)O. The fourth-order valence-electron chi connectivity index (χ4n) is 7.16. The van der Waals surface area contributed by atoms with E-state index in [1.807, 2.05) is 33.3 Å². The van der Waals surface area contributed by atoms with Gasteiger partial charge in [-0.25, -0.2) is 4.79 Å². The molecule has 0 heterocycles. The number of carbonyl (C=O) groups excluding carboxylic acids is 2. The maximum absolute atomic E-state index is 12.8. The van der Waals surface area contributed by atoms with Crippen LogP contribution in [0.3, 0.4) is 0 Å². The van der Waals surface area contributed by atoms with Crippen molar-refractivity contribution in [3.05, 3.63) is 72.9 Å². The summed E-state index contributed by atoms with van der Waals surface area (Å²) in [7, 11) is 5.94. The molecule has 9 nitrogen and oxygen atoms in total. The Hall–Kier alpha value is -3.27. The lowest BCUT2D eigenvalue weighted by atomic mass is 10.0. The molecule has 0 aliphatic heterocycles. The van der Waals surface area contributed by atoms with Crippen LogP contribution in [-0.4, -0.2) is 87.4 Å². The van der Waals surface area contributed by atoms with Gasteiger partial charge in [-0.05, 0) is 51.4 Å². The second kappa shape index (κ2) is 48.2. The molecule has 0 radical (unpaired) electrons. The topological polar surface area (TPSA) is 108 Å². The van der Waals surface area contributed by atoms with Crippen LogP contribution in [0.15, 0.2) is 72.9 Å². The zero-order valence-corrected chi connectivity index (χ0v) is 43.1. The summed E-state index contributed by atoms with van der Waals surface area (Å²) in [5.74, 6) is -2.12.